The lowest BCUT2D eigenvalue weighted by molar-refractivity contribution is -0.129. The Balaban J connectivity index is 1.42. The highest BCUT2D eigenvalue weighted by Gasteiger charge is 2.33. The van der Waals surface area contributed by atoms with E-state index in [2.05, 4.69) is 67.7 Å². The van der Waals surface area contributed by atoms with Crippen molar-refractivity contribution in [2.75, 3.05) is 19.6 Å². The lowest BCUT2D eigenvalue weighted by Crippen LogP contribution is -2.34. The maximum Gasteiger partial charge on any atom is 0.225 e. The van der Waals surface area contributed by atoms with Crippen LogP contribution in [0.15, 0.2) is 48.5 Å². The minimum absolute atomic E-state index is 0.00621. The van der Waals surface area contributed by atoms with E-state index >= 15 is 0 Å². The molecule has 1 saturated heterocycles. The Labute approximate surface area is 161 Å². The molecular weight excluding hydrogens is 336 g/mol. The van der Waals surface area contributed by atoms with Gasteiger partial charge in [0.15, 0.2) is 0 Å². The standard InChI is InChI=1S/C23H28N2O2/c1-17-3-7-19(8-4-17)11-13-24-23(27)21-15-22(26)25(16-21)14-12-20-9-5-18(2)6-10-20/h3-10,21H,11-16H2,1-2H3,(H,24,27). The van der Waals surface area contributed by atoms with Gasteiger partial charge >= 0.3 is 0 Å². The van der Waals surface area contributed by atoms with Crippen molar-refractivity contribution < 1.29 is 9.59 Å². The molecule has 1 unspecified atom stereocenters. The minimum atomic E-state index is -0.228. The smallest absolute Gasteiger partial charge is 0.225 e. The molecule has 1 aliphatic rings. The third kappa shape index (κ3) is 5.43. The van der Waals surface area contributed by atoms with Crippen molar-refractivity contribution in [1.29, 1.82) is 0 Å². The zero-order chi connectivity index (χ0) is 19.2. The van der Waals surface area contributed by atoms with E-state index in [1.165, 1.54) is 22.3 Å². The topological polar surface area (TPSA) is 49.4 Å². The van der Waals surface area contributed by atoms with E-state index in [9.17, 15) is 9.59 Å². The van der Waals surface area contributed by atoms with Crippen molar-refractivity contribution in [3.8, 4) is 0 Å². The van der Waals surface area contributed by atoms with Crippen LogP contribution >= 0.6 is 0 Å². The second-order valence-electron chi connectivity index (χ2n) is 7.50. The van der Waals surface area contributed by atoms with Gasteiger partial charge in [0.1, 0.15) is 0 Å². The van der Waals surface area contributed by atoms with Gasteiger partial charge in [-0.1, -0.05) is 59.7 Å². The molecule has 1 N–H and O–H groups in total. The molecule has 0 aromatic heterocycles. The Morgan fingerprint density at radius 2 is 1.52 bits per heavy atom. The summed E-state index contributed by atoms with van der Waals surface area (Å²) in [6.45, 7) is 5.94. The highest BCUT2D eigenvalue weighted by molar-refractivity contribution is 5.89. The molecule has 2 aromatic carbocycles. The molecule has 0 radical (unpaired) electrons. The normalized spacial score (nSPS) is 16.6. The second-order valence-corrected chi connectivity index (χ2v) is 7.50. The summed E-state index contributed by atoms with van der Waals surface area (Å²) < 4.78 is 0. The highest BCUT2D eigenvalue weighted by Crippen LogP contribution is 2.18. The molecule has 4 nitrogen and oxygen atoms in total. The lowest BCUT2D eigenvalue weighted by atomic mass is 10.1. The number of nitrogens with zero attached hydrogens (tertiary/aromatic N) is 1. The highest BCUT2D eigenvalue weighted by atomic mass is 16.2. The van der Waals surface area contributed by atoms with Crippen LogP contribution in [0.2, 0.25) is 0 Å². The first kappa shape index (κ1) is 19.2. The van der Waals surface area contributed by atoms with Crippen LogP contribution in [0.1, 0.15) is 28.7 Å². The molecule has 0 saturated carbocycles. The first-order chi connectivity index (χ1) is 13.0. The number of benzene rings is 2. The monoisotopic (exact) mass is 364 g/mol. The number of carbonyl (C=O) groups is 2. The maximum atomic E-state index is 12.4. The van der Waals surface area contributed by atoms with Gasteiger partial charge in [-0.2, -0.15) is 0 Å². The van der Waals surface area contributed by atoms with E-state index in [1.54, 1.807) is 0 Å². The molecule has 1 heterocycles. The summed E-state index contributed by atoms with van der Waals surface area (Å²) in [7, 11) is 0. The number of carbonyl (C=O) groups excluding carboxylic acids is 2. The third-order valence-corrected chi connectivity index (χ3v) is 5.21. The van der Waals surface area contributed by atoms with Gasteiger partial charge in [-0.15, -0.1) is 0 Å². The van der Waals surface area contributed by atoms with E-state index in [0.717, 1.165) is 12.8 Å². The quantitative estimate of drug-likeness (QED) is 0.821. The molecule has 1 aliphatic heterocycles. The first-order valence-corrected chi connectivity index (χ1v) is 9.68. The molecule has 27 heavy (non-hydrogen) atoms. The SMILES string of the molecule is Cc1ccc(CCNC(=O)C2CC(=O)N(CCc3ccc(C)cc3)C2)cc1. The number of hydrogen-bond acceptors (Lipinski definition) is 2. The van der Waals surface area contributed by atoms with E-state index in [4.69, 9.17) is 0 Å². The summed E-state index contributed by atoms with van der Waals surface area (Å²) >= 11 is 0. The van der Waals surface area contributed by atoms with Gasteiger partial charge in [0.2, 0.25) is 11.8 Å². The van der Waals surface area contributed by atoms with E-state index in [1.807, 2.05) is 4.90 Å². The van der Waals surface area contributed by atoms with E-state index < -0.39 is 0 Å². The fourth-order valence-electron chi connectivity index (χ4n) is 3.41. The van der Waals surface area contributed by atoms with Gasteiger partial charge in [0.25, 0.3) is 0 Å². The molecule has 3 rings (SSSR count). The van der Waals surface area contributed by atoms with Crippen LogP contribution < -0.4 is 5.32 Å². The van der Waals surface area contributed by atoms with Crippen LogP contribution in [-0.2, 0) is 22.4 Å². The van der Waals surface area contributed by atoms with Crippen molar-refractivity contribution in [2.24, 2.45) is 5.92 Å². The van der Waals surface area contributed by atoms with Crippen LogP contribution in [0.4, 0.5) is 0 Å². The maximum absolute atomic E-state index is 12.4. The largest absolute Gasteiger partial charge is 0.355 e. The van der Waals surface area contributed by atoms with Gasteiger partial charge in [-0.3, -0.25) is 9.59 Å². The van der Waals surface area contributed by atoms with Crippen molar-refractivity contribution in [3.63, 3.8) is 0 Å². The lowest BCUT2D eigenvalue weighted by Gasteiger charge is -2.16. The second kappa shape index (κ2) is 8.85. The summed E-state index contributed by atoms with van der Waals surface area (Å²) in [5.74, 6) is -0.150. The molecule has 1 atom stereocenters. The Hall–Kier alpha value is -2.62. The van der Waals surface area contributed by atoms with Gasteiger partial charge in [-0.25, -0.2) is 0 Å². The van der Waals surface area contributed by atoms with Crippen LogP contribution in [-0.4, -0.2) is 36.3 Å². The predicted octanol–water partition coefficient (Wildman–Crippen LogP) is 3.05. The number of aryl methyl sites for hydroxylation is 2. The van der Waals surface area contributed by atoms with Crippen molar-refractivity contribution in [2.45, 2.75) is 33.1 Å². The van der Waals surface area contributed by atoms with Crippen LogP contribution in [0.25, 0.3) is 0 Å². The number of amides is 2. The Morgan fingerprint density at radius 1 is 0.963 bits per heavy atom. The molecule has 142 valence electrons. The Bertz CT molecular complexity index is 781. The number of nitrogens with one attached hydrogen (secondary N) is 1. The summed E-state index contributed by atoms with van der Waals surface area (Å²) in [6, 6.07) is 16.7. The van der Waals surface area contributed by atoms with Gasteiger partial charge in [0, 0.05) is 26.1 Å². The average molecular weight is 364 g/mol. The summed E-state index contributed by atoms with van der Waals surface area (Å²) in [6.07, 6.45) is 1.96. The molecular formula is C23H28N2O2. The van der Waals surface area contributed by atoms with E-state index in [0.29, 0.717) is 26.1 Å². The molecule has 2 amide bonds. The van der Waals surface area contributed by atoms with Crippen molar-refractivity contribution in [1.82, 2.24) is 10.2 Å². The molecule has 4 heteroatoms. The number of likely N-dealkylation sites (tertiary alicyclic amines) is 1. The van der Waals surface area contributed by atoms with Gasteiger partial charge < -0.3 is 10.2 Å². The Kier molecular flexibility index (Phi) is 6.28. The molecule has 0 aliphatic carbocycles. The van der Waals surface area contributed by atoms with Crippen molar-refractivity contribution >= 4 is 11.8 Å². The third-order valence-electron chi connectivity index (χ3n) is 5.21. The fourth-order valence-corrected chi connectivity index (χ4v) is 3.41. The molecule has 0 bridgehead atoms. The van der Waals surface area contributed by atoms with Crippen molar-refractivity contribution in [3.05, 3.63) is 70.8 Å². The molecule has 0 spiro atoms. The summed E-state index contributed by atoms with van der Waals surface area (Å²) in [5.41, 5.74) is 4.90. The van der Waals surface area contributed by atoms with Gasteiger partial charge in [0.05, 0.1) is 5.92 Å². The zero-order valence-corrected chi connectivity index (χ0v) is 16.2. The predicted molar refractivity (Wildman–Crippen MR) is 107 cm³/mol. The van der Waals surface area contributed by atoms with Crippen LogP contribution in [0.3, 0.4) is 0 Å². The molecule has 2 aromatic rings. The molecule has 1 fully saturated rings. The number of hydrogen-bond donors (Lipinski definition) is 1. The van der Waals surface area contributed by atoms with Crippen LogP contribution in [0, 0.1) is 19.8 Å². The fraction of sp³-hybridized carbons (Fsp3) is 0.391. The first-order valence-electron chi connectivity index (χ1n) is 9.68. The van der Waals surface area contributed by atoms with Gasteiger partial charge in [-0.05, 0) is 37.8 Å². The summed E-state index contributed by atoms with van der Waals surface area (Å²) in [4.78, 5) is 26.5. The zero-order valence-electron chi connectivity index (χ0n) is 16.2. The Morgan fingerprint density at radius 3 is 2.11 bits per heavy atom. The minimum Gasteiger partial charge on any atom is -0.355 e. The number of rotatable bonds is 7. The van der Waals surface area contributed by atoms with E-state index in [-0.39, 0.29) is 17.7 Å². The summed E-state index contributed by atoms with van der Waals surface area (Å²) in [5, 5.41) is 2.99. The van der Waals surface area contributed by atoms with Crippen LogP contribution in [0.5, 0.6) is 0 Å². The average Bonchev–Trinajstić information content (AvgIpc) is 3.04.